The van der Waals surface area contributed by atoms with Gasteiger partial charge in [-0.2, -0.15) is 0 Å². The van der Waals surface area contributed by atoms with Crippen molar-refractivity contribution in [2.75, 3.05) is 0 Å². The van der Waals surface area contributed by atoms with Crippen LogP contribution in [0, 0.1) is 0 Å². The van der Waals surface area contributed by atoms with E-state index in [0.717, 1.165) is 0 Å². The standard InChI is InChI=1S/C13H30O2Si2/c1-7-16(3,4)14-12-10-9-11-13(12)15-17(5,6)8-2/h12-13H,7-11H2,1-6H3. The van der Waals surface area contributed by atoms with Crippen LogP contribution in [0.3, 0.4) is 0 Å². The van der Waals surface area contributed by atoms with Gasteiger partial charge in [-0.25, -0.2) is 0 Å². The van der Waals surface area contributed by atoms with Crippen LogP contribution in [0.1, 0.15) is 33.1 Å². The van der Waals surface area contributed by atoms with E-state index in [2.05, 4.69) is 40.0 Å². The minimum atomic E-state index is -1.43. The first-order valence-electron chi connectivity index (χ1n) is 7.15. The largest absolute Gasteiger partial charge is 0.412 e. The van der Waals surface area contributed by atoms with Gasteiger partial charge < -0.3 is 8.85 Å². The fraction of sp³-hybridized carbons (Fsp3) is 1.00. The first kappa shape index (κ1) is 15.4. The number of rotatable bonds is 6. The zero-order chi connectivity index (χ0) is 13.1. The van der Waals surface area contributed by atoms with Gasteiger partial charge in [-0.15, -0.1) is 0 Å². The van der Waals surface area contributed by atoms with Gasteiger partial charge in [-0.05, 0) is 57.5 Å². The van der Waals surface area contributed by atoms with Gasteiger partial charge in [0.2, 0.25) is 0 Å². The molecule has 0 heterocycles. The second-order valence-electron chi connectivity index (χ2n) is 6.47. The van der Waals surface area contributed by atoms with Crippen molar-refractivity contribution in [1.29, 1.82) is 0 Å². The molecule has 1 aliphatic carbocycles. The van der Waals surface area contributed by atoms with Gasteiger partial charge in [0.05, 0.1) is 12.2 Å². The van der Waals surface area contributed by atoms with Crippen molar-refractivity contribution >= 4 is 16.6 Å². The Labute approximate surface area is 109 Å². The summed E-state index contributed by atoms with van der Waals surface area (Å²) in [6.07, 6.45) is 4.45. The van der Waals surface area contributed by atoms with E-state index in [1.165, 1.54) is 31.4 Å². The average molecular weight is 275 g/mol. The lowest BCUT2D eigenvalue weighted by molar-refractivity contribution is 0.0660. The van der Waals surface area contributed by atoms with E-state index in [4.69, 9.17) is 8.85 Å². The van der Waals surface area contributed by atoms with Gasteiger partial charge in [0.1, 0.15) is 0 Å². The molecule has 1 saturated carbocycles. The third kappa shape index (κ3) is 4.85. The lowest BCUT2D eigenvalue weighted by Crippen LogP contribution is -2.43. The Kier molecular flexibility index (Phi) is 5.44. The smallest absolute Gasteiger partial charge is 0.187 e. The summed E-state index contributed by atoms with van der Waals surface area (Å²) in [5, 5.41) is 0. The Morgan fingerprint density at radius 3 is 1.47 bits per heavy atom. The molecule has 0 aromatic carbocycles. The maximum atomic E-state index is 6.39. The Morgan fingerprint density at radius 2 is 1.18 bits per heavy atom. The predicted octanol–water partition coefficient (Wildman–Crippen LogP) is 4.39. The molecule has 0 amide bonds. The number of hydrogen-bond acceptors (Lipinski definition) is 2. The van der Waals surface area contributed by atoms with E-state index in [-0.39, 0.29) is 0 Å². The van der Waals surface area contributed by atoms with Crippen LogP contribution >= 0.6 is 0 Å². The third-order valence-electron chi connectivity index (χ3n) is 4.04. The van der Waals surface area contributed by atoms with Gasteiger partial charge >= 0.3 is 0 Å². The van der Waals surface area contributed by atoms with Crippen LogP contribution in [0.4, 0.5) is 0 Å². The van der Waals surface area contributed by atoms with E-state index in [1.54, 1.807) is 0 Å². The molecule has 1 aliphatic rings. The summed E-state index contributed by atoms with van der Waals surface area (Å²) < 4.78 is 12.8. The van der Waals surface area contributed by atoms with Gasteiger partial charge in [-0.1, -0.05) is 13.8 Å². The van der Waals surface area contributed by atoms with Crippen molar-refractivity contribution in [3.8, 4) is 0 Å². The molecule has 4 heteroatoms. The molecule has 2 atom stereocenters. The molecule has 0 N–H and O–H groups in total. The van der Waals surface area contributed by atoms with E-state index < -0.39 is 16.6 Å². The van der Waals surface area contributed by atoms with Gasteiger partial charge in [0.25, 0.3) is 0 Å². The lowest BCUT2D eigenvalue weighted by atomic mass is 10.3. The minimum Gasteiger partial charge on any atom is -0.412 e. The fourth-order valence-corrected chi connectivity index (χ4v) is 4.66. The molecule has 0 aromatic rings. The van der Waals surface area contributed by atoms with Crippen molar-refractivity contribution in [2.24, 2.45) is 0 Å². The van der Waals surface area contributed by atoms with Crippen molar-refractivity contribution in [1.82, 2.24) is 0 Å². The van der Waals surface area contributed by atoms with Crippen molar-refractivity contribution < 1.29 is 8.85 Å². The molecule has 0 aromatic heterocycles. The summed E-state index contributed by atoms with van der Waals surface area (Å²) in [6, 6.07) is 2.40. The van der Waals surface area contributed by atoms with E-state index in [1.807, 2.05) is 0 Å². The third-order valence-corrected chi connectivity index (χ3v) is 9.32. The maximum Gasteiger partial charge on any atom is 0.187 e. The van der Waals surface area contributed by atoms with Crippen LogP contribution in [0.15, 0.2) is 0 Å². The highest BCUT2D eigenvalue weighted by Gasteiger charge is 2.37. The fourth-order valence-electron chi connectivity index (χ4n) is 2.15. The molecule has 2 unspecified atom stereocenters. The Bertz CT molecular complexity index is 218. The topological polar surface area (TPSA) is 18.5 Å². The van der Waals surface area contributed by atoms with Gasteiger partial charge in [0.15, 0.2) is 16.6 Å². The lowest BCUT2D eigenvalue weighted by Gasteiger charge is -2.34. The van der Waals surface area contributed by atoms with Crippen molar-refractivity contribution in [2.45, 2.75) is 83.6 Å². The van der Waals surface area contributed by atoms with Crippen LogP contribution < -0.4 is 0 Å². The molecule has 0 radical (unpaired) electrons. The van der Waals surface area contributed by atoms with E-state index in [0.29, 0.717) is 12.2 Å². The molecular formula is C13H30O2Si2. The van der Waals surface area contributed by atoms with Gasteiger partial charge in [0, 0.05) is 0 Å². The van der Waals surface area contributed by atoms with Crippen LogP contribution in [-0.4, -0.2) is 28.8 Å². The quantitative estimate of drug-likeness (QED) is 0.669. The minimum absolute atomic E-state index is 0.384. The number of hydrogen-bond donors (Lipinski definition) is 0. The molecule has 102 valence electrons. The molecule has 17 heavy (non-hydrogen) atoms. The highest BCUT2D eigenvalue weighted by Crippen LogP contribution is 2.31. The van der Waals surface area contributed by atoms with E-state index >= 15 is 0 Å². The highest BCUT2D eigenvalue weighted by atomic mass is 28.4. The zero-order valence-corrected chi connectivity index (χ0v) is 14.5. The first-order chi connectivity index (χ1) is 7.79. The molecule has 1 fully saturated rings. The van der Waals surface area contributed by atoms with Crippen molar-refractivity contribution in [3.63, 3.8) is 0 Å². The molecular weight excluding hydrogens is 244 g/mol. The summed E-state index contributed by atoms with van der Waals surface area (Å²) in [4.78, 5) is 0. The summed E-state index contributed by atoms with van der Waals surface area (Å²) in [7, 11) is -2.87. The summed E-state index contributed by atoms with van der Waals surface area (Å²) in [5.74, 6) is 0. The molecule has 1 rings (SSSR count). The van der Waals surface area contributed by atoms with E-state index in [9.17, 15) is 0 Å². The van der Waals surface area contributed by atoms with Crippen molar-refractivity contribution in [3.05, 3.63) is 0 Å². The SMILES string of the molecule is CC[Si](C)(C)OC1CCCC1O[Si](C)(C)CC. The Balaban J connectivity index is 2.55. The highest BCUT2D eigenvalue weighted by molar-refractivity contribution is 6.71. The van der Waals surface area contributed by atoms with Gasteiger partial charge in [-0.3, -0.25) is 0 Å². The molecule has 0 bridgehead atoms. The summed E-state index contributed by atoms with van der Waals surface area (Å²) in [6.45, 7) is 13.8. The molecule has 0 spiro atoms. The molecule has 2 nitrogen and oxygen atoms in total. The Morgan fingerprint density at radius 1 is 0.824 bits per heavy atom. The normalized spacial score (nSPS) is 26.5. The monoisotopic (exact) mass is 274 g/mol. The van der Waals surface area contributed by atoms with Crippen LogP contribution in [0.5, 0.6) is 0 Å². The molecule has 0 aliphatic heterocycles. The van der Waals surface area contributed by atoms with Crippen LogP contribution in [0.25, 0.3) is 0 Å². The second kappa shape index (κ2) is 6.00. The summed E-state index contributed by atoms with van der Waals surface area (Å²) >= 11 is 0. The Hall–Kier alpha value is 0.354. The maximum absolute atomic E-state index is 6.39. The first-order valence-corrected chi connectivity index (χ1v) is 13.4. The molecule has 0 saturated heterocycles. The summed E-state index contributed by atoms with van der Waals surface area (Å²) in [5.41, 5.74) is 0. The predicted molar refractivity (Wildman–Crippen MR) is 79.5 cm³/mol. The van der Waals surface area contributed by atoms with Crippen LogP contribution in [-0.2, 0) is 8.85 Å². The average Bonchev–Trinajstić information content (AvgIpc) is 2.64. The zero-order valence-electron chi connectivity index (χ0n) is 12.5. The second-order valence-corrected chi connectivity index (χ2v) is 15.4. The van der Waals surface area contributed by atoms with Crippen LogP contribution in [0.2, 0.25) is 38.3 Å².